The molecule has 1 aromatic carbocycles. The predicted molar refractivity (Wildman–Crippen MR) is 105 cm³/mol. The number of anilines is 1. The minimum atomic E-state index is -0.0908. The molecule has 0 aromatic heterocycles. The lowest BCUT2D eigenvalue weighted by Gasteiger charge is -2.40. The molecule has 0 unspecified atom stereocenters. The van der Waals surface area contributed by atoms with Crippen LogP contribution >= 0.6 is 0 Å². The Morgan fingerprint density at radius 3 is 2.92 bits per heavy atom. The van der Waals surface area contributed by atoms with Crippen molar-refractivity contribution in [1.29, 1.82) is 0 Å². The smallest absolute Gasteiger partial charge is 0.123 e. The number of nitrogens with one attached hydrogen (secondary N) is 1. The molecule has 2 aliphatic heterocycles. The van der Waals surface area contributed by atoms with Crippen molar-refractivity contribution in [3.05, 3.63) is 41.7 Å². The number of nitrogens with zero attached hydrogens (tertiary/aromatic N) is 1. The fourth-order valence-corrected chi connectivity index (χ4v) is 6.10. The number of piperidine rings is 1. The summed E-state index contributed by atoms with van der Waals surface area (Å²) >= 11 is 0. The number of allylic oxidation sites excluding steroid dienone is 2. The summed E-state index contributed by atoms with van der Waals surface area (Å²) in [6.45, 7) is 4.59. The number of likely N-dealkylation sites (tertiary alicyclic amines) is 1. The number of benzene rings is 1. The Morgan fingerprint density at radius 1 is 1.15 bits per heavy atom. The molecule has 26 heavy (non-hydrogen) atoms. The first-order valence-corrected chi connectivity index (χ1v) is 10.6. The van der Waals surface area contributed by atoms with E-state index >= 15 is 0 Å². The van der Waals surface area contributed by atoms with E-state index in [0.717, 1.165) is 55.9 Å². The Morgan fingerprint density at radius 2 is 2.04 bits per heavy atom. The van der Waals surface area contributed by atoms with Crippen LogP contribution in [0.4, 0.5) is 10.1 Å². The zero-order valence-corrected chi connectivity index (χ0v) is 15.7. The normalized spacial score (nSPS) is 32.9. The fraction of sp³-hybridized carbons (Fsp3) is 0.652. The van der Waals surface area contributed by atoms with Gasteiger partial charge in [0.1, 0.15) is 5.82 Å². The fourth-order valence-electron chi connectivity index (χ4n) is 6.10. The molecule has 2 bridgehead atoms. The Balaban J connectivity index is 1.22. The van der Waals surface area contributed by atoms with Crippen molar-refractivity contribution in [2.24, 2.45) is 17.8 Å². The molecule has 2 aliphatic carbocycles. The predicted octanol–water partition coefficient (Wildman–Crippen LogP) is 4.97. The lowest BCUT2D eigenvalue weighted by Crippen LogP contribution is -2.45. The van der Waals surface area contributed by atoms with Crippen LogP contribution in [0.2, 0.25) is 0 Å². The number of fused-ring (bicyclic) bond motifs is 4. The Bertz CT molecular complexity index is 689. The quantitative estimate of drug-likeness (QED) is 0.755. The van der Waals surface area contributed by atoms with Crippen molar-refractivity contribution in [1.82, 2.24) is 4.90 Å². The number of hydrogen-bond donors (Lipinski definition) is 1. The standard InChI is InChI=1S/C23H31FN2/c24-20-6-7-22-21(14-20)23(16-25-22)8-10-26(11-9-23)15-19-5-4-17-2-1-3-18(12-17)13-19/h1,3,6-7,14,17-19,25H,2,4-5,8-13,15-16H2/t17-,18+,19+/m1/s1. The molecule has 2 fully saturated rings. The van der Waals surface area contributed by atoms with E-state index in [4.69, 9.17) is 0 Å². The summed E-state index contributed by atoms with van der Waals surface area (Å²) in [5.41, 5.74) is 2.55. The Kier molecular flexibility index (Phi) is 4.31. The van der Waals surface area contributed by atoms with Gasteiger partial charge in [-0.05, 0) is 99.6 Å². The van der Waals surface area contributed by atoms with E-state index in [1.54, 1.807) is 12.1 Å². The highest BCUT2D eigenvalue weighted by atomic mass is 19.1. The van der Waals surface area contributed by atoms with E-state index in [1.807, 2.05) is 6.07 Å². The minimum Gasteiger partial charge on any atom is -0.384 e. The van der Waals surface area contributed by atoms with Crippen LogP contribution in [-0.4, -0.2) is 31.1 Å². The molecule has 1 aromatic rings. The van der Waals surface area contributed by atoms with Crippen LogP contribution in [0, 0.1) is 23.6 Å². The lowest BCUT2D eigenvalue weighted by molar-refractivity contribution is 0.140. The molecule has 1 saturated heterocycles. The van der Waals surface area contributed by atoms with E-state index < -0.39 is 0 Å². The van der Waals surface area contributed by atoms with Gasteiger partial charge in [-0.15, -0.1) is 0 Å². The summed E-state index contributed by atoms with van der Waals surface area (Å²) in [5.74, 6) is 2.57. The SMILES string of the molecule is Fc1ccc2c(c1)C1(CCN(C[C@H]3CC[C@H]4CC=C[C@@H](C4)C3)CC1)CN2. The molecule has 5 rings (SSSR count). The first-order valence-electron chi connectivity index (χ1n) is 10.6. The van der Waals surface area contributed by atoms with Crippen LogP contribution in [0.3, 0.4) is 0 Å². The molecule has 3 heteroatoms. The van der Waals surface area contributed by atoms with E-state index in [0.29, 0.717) is 0 Å². The molecule has 4 aliphatic rings. The van der Waals surface area contributed by atoms with E-state index in [1.165, 1.54) is 44.2 Å². The van der Waals surface area contributed by atoms with Gasteiger partial charge < -0.3 is 10.2 Å². The summed E-state index contributed by atoms with van der Waals surface area (Å²) in [5, 5.41) is 3.52. The molecule has 1 N–H and O–H groups in total. The summed E-state index contributed by atoms with van der Waals surface area (Å²) in [7, 11) is 0. The van der Waals surface area contributed by atoms with Crippen LogP contribution < -0.4 is 5.32 Å². The lowest BCUT2D eigenvalue weighted by atomic mass is 9.74. The van der Waals surface area contributed by atoms with Gasteiger partial charge in [-0.3, -0.25) is 0 Å². The maximum atomic E-state index is 13.8. The average molecular weight is 355 g/mol. The van der Waals surface area contributed by atoms with Gasteiger partial charge in [0.05, 0.1) is 0 Å². The summed E-state index contributed by atoms with van der Waals surface area (Å²) in [4.78, 5) is 2.70. The Labute approximate surface area is 156 Å². The first kappa shape index (κ1) is 16.8. The molecule has 3 atom stereocenters. The topological polar surface area (TPSA) is 15.3 Å². The van der Waals surface area contributed by atoms with Crippen molar-refractivity contribution in [3.63, 3.8) is 0 Å². The summed E-state index contributed by atoms with van der Waals surface area (Å²) < 4.78 is 13.8. The van der Waals surface area contributed by atoms with Gasteiger partial charge in [0, 0.05) is 24.2 Å². The summed E-state index contributed by atoms with van der Waals surface area (Å²) in [6, 6.07) is 5.28. The molecule has 1 spiro atoms. The van der Waals surface area contributed by atoms with Gasteiger partial charge in [-0.25, -0.2) is 4.39 Å². The van der Waals surface area contributed by atoms with Crippen LogP contribution in [0.5, 0.6) is 0 Å². The highest BCUT2D eigenvalue weighted by Gasteiger charge is 2.42. The zero-order chi connectivity index (χ0) is 17.6. The van der Waals surface area contributed by atoms with Gasteiger partial charge in [-0.1, -0.05) is 12.2 Å². The third-order valence-electron chi connectivity index (χ3n) is 7.63. The van der Waals surface area contributed by atoms with Gasteiger partial charge in [0.15, 0.2) is 0 Å². The van der Waals surface area contributed by atoms with E-state index in [9.17, 15) is 4.39 Å². The molecular weight excluding hydrogens is 323 g/mol. The highest BCUT2D eigenvalue weighted by Crippen LogP contribution is 2.45. The molecular formula is C23H31FN2. The Hall–Kier alpha value is -1.35. The van der Waals surface area contributed by atoms with Crippen molar-refractivity contribution in [2.45, 2.75) is 50.4 Å². The van der Waals surface area contributed by atoms with E-state index in [2.05, 4.69) is 22.4 Å². The number of rotatable bonds is 2. The molecule has 2 heterocycles. The first-order chi connectivity index (χ1) is 12.7. The summed E-state index contributed by atoms with van der Waals surface area (Å²) in [6.07, 6.45) is 14.3. The third-order valence-corrected chi connectivity index (χ3v) is 7.63. The molecule has 140 valence electrons. The van der Waals surface area contributed by atoms with E-state index in [-0.39, 0.29) is 11.2 Å². The maximum absolute atomic E-state index is 13.8. The third kappa shape index (κ3) is 3.09. The molecule has 2 nitrogen and oxygen atoms in total. The highest BCUT2D eigenvalue weighted by molar-refractivity contribution is 5.60. The maximum Gasteiger partial charge on any atom is 0.123 e. The number of hydrogen-bond acceptors (Lipinski definition) is 2. The second-order valence-corrected chi connectivity index (χ2v) is 9.33. The van der Waals surface area contributed by atoms with Crippen LogP contribution in [-0.2, 0) is 5.41 Å². The molecule has 0 amide bonds. The van der Waals surface area contributed by atoms with Crippen molar-refractivity contribution in [3.8, 4) is 0 Å². The largest absolute Gasteiger partial charge is 0.384 e. The molecule has 0 radical (unpaired) electrons. The van der Waals surface area contributed by atoms with Crippen LogP contribution in [0.1, 0.15) is 50.5 Å². The van der Waals surface area contributed by atoms with Crippen molar-refractivity contribution in [2.75, 3.05) is 31.5 Å². The van der Waals surface area contributed by atoms with Gasteiger partial charge in [0.25, 0.3) is 0 Å². The second-order valence-electron chi connectivity index (χ2n) is 9.33. The second kappa shape index (κ2) is 6.67. The van der Waals surface area contributed by atoms with Crippen LogP contribution in [0.15, 0.2) is 30.4 Å². The van der Waals surface area contributed by atoms with Crippen LogP contribution in [0.25, 0.3) is 0 Å². The van der Waals surface area contributed by atoms with Crippen molar-refractivity contribution < 1.29 is 4.39 Å². The van der Waals surface area contributed by atoms with Gasteiger partial charge in [-0.2, -0.15) is 0 Å². The van der Waals surface area contributed by atoms with Crippen molar-refractivity contribution >= 4 is 5.69 Å². The number of halogens is 1. The van der Waals surface area contributed by atoms with Gasteiger partial charge in [0.2, 0.25) is 0 Å². The monoisotopic (exact) mass is 354 g/mol. The zero-order valence-electron chi connectivity index (χ0n) is 15.7. The van der Waals surface area contributed by atoms with Gasteiger partial charge >= 0.3 is 0 Å². The molecule has 1 saturated carbocycles. The minimum absolute atomic E-state index is 0.0908. The average Bonchev–Trinajstić information content (AvgIpc) is 2.92.